The van der Waals surface area contributed by atoms with Crippen molar-refractivity contribution >= 4 is 57.5 Å². The molecule has 0 unspecified atom stereocenters. The van der Waals surface area contributed by atoms with E-state index < -0.39 is 53.7 Å². The van der Waals surface area contributed by atoms with Gasteiger partial charge in [-0.1, -0.05) is 35.9 Å². The number of carbonyl (C=O) groups excluding carboxylic acids is 5. The Kier molecular flexibility index (Phi) is 9.31. The molecule has 8 rings (SSSR count). The molecule has 15 heteroatoms. The second-order valence-corrected chi connectivity index (χ2v) is 14.7. The largest absolute Gasteiger partial charge is 0.348 e. The summed E-state index contributed by atoms with van der Waals surface area (Å²) < 4.78 is 45.5. The Morgan fingerprint density at radius 1 is 1.00 bits per heavy atom. The molecule has 2 aliphatic heterocycles. The van der Waals surface area contributed by atoms with Gasteiger partial charge in [-0.3, -0.25) is 24.0 Å². The number of fused-ring (bicyclic) bond motifs is 2. The lowest BCUT2D eigenvalue weighted by atomic mass is 9.89. The van der Waals surface area contributed by atoms with Gasteiger partial charge < -0.3 is 20.1 Å². The summed E-state index contributed by atoms with van der Waals surface area (Å²) in [5, 5.41) is 5.88. The number of aromatic nitrogens is 3. The number of benzene rings is 3. The second-order valence-electron chi connectivity index (χ2n) is 14.3. The van der Waals surface area contributed by atoms with Crippen LogP contribution in [-0.4, -0.2) is 61.3 Å². The van der Waals surface area contributed by atoms with Crippen LogP contribution < -0.4 is 10.6 Å². The molecule has 3 aromatic carbocycles. The normalized spacial score (nSPS) is 16.8. The summed E-state index contributed by atoms with van der Waals surface area (Å²) >= 11 is 6.57. The number of likely N-dealkylation sites (tertiary alicyclic amines) is 1. The number of hydrogen-bond acceptors (Lipinski definition) is 7. The fraction of sp³-hybridized carbons (Fsp3) is 0.244. The lowest BCUT2D eigenvalue weighted by molar-refractivity contribution is -0.137. The molecule has 2 N–H and O–H groups in total. The molecule has 1 saturated carbocycles. The number of nitrogens with zero attached hydrogens (tertiary/aromatic N) is 4. The molecule has 1 atom stereocenters. The van der Waals surface area contributed by atoms with Crippen molar-refractivity contribution in [3.8, 4) is 11.1 Å². The summed E-state index contributed by atoms with van der Waals surface area (Å²) in [6, 6.07) is 13.0. The first kappa shape index (κ1) is 36.8. The highest BCUT2D eigenvalue weighted by atomic mass is 35.5. The van der Waals surface area contributed by atoms with Crippen LogP contribution in [0.15, 0.2) is 84.8 Å². The topological polar surface area (TPSA) is 143 Å². The number of nitrogens with one attached hydrogen (secondary N) is 2. The van der Waals surface area contributed by atoms with Gasteiger partial charge in [-0.15, -0.1) is 0 Å². The zero-order valence-corrected chi connectivity index (χ0v) is 30.6. The van der Waals surface area contributed by atoms with Crippen molar-refractivity contribution in [3.63, 3.8) is 0 Å². The maximum atomic E-state index is 16.0. The minimum atomic E-state index is -2.02. The van der Waals surface area contributed by atoms with E-state index in [1.165, 1.54) is 60.4 Å². The quantitative estimate of drug-likeness (QED) is 0.145. The van der Waals surface area contributed by atoms with Gasteiger partial charge in [0.1, 0.15) is 12.6 Å². The van der Waals surface area contributed by atoms with Gasteiger partial charge in [0.15, 0.2) is 17.4 Å². The van der Waals surface area contributed by atoms with E-state index in [-0.39, 0.29) is 64.6 Å². The maximum absolute atomic E-state index is 16.0. The van der Waals surface area contributed by atoms with Crippen LogP contribution in [0.1, 0.15) is 75.1 Å². The fourth-order valence-electron chi connectivity index (χ4n) is 7.71. The van der Waals surface area contributed by atoms with E-state index in [1.807, 2.05) is 12.1 Å². The van der Waals surface area contributed by atoms with Gasteiger partial charge in [0, 0.05) is 94.2 Å². The monoisotopic (exact) mass is 780 g/mol. The Hall–Kier alpha value is -6.15. The lowest BCUT2D eigenvalue weighted by Gasteiger charge is -2.24. The smallest absolute Gasteiger partial charge is 0.271 e. The molecular formula is C41H32ClF3N6O5. The van der Waals surface area contributed by atoms with Crippen molar-refractivity contribution in [3.05, 3.63) is 124 Å². The maximum Gasteiger partial charge on any atom is 0.271 e. The molecule has 5 aromatic rings. The Labute approximate surface area is 322 Å². The molecule has 1 saturated heterocycles. The molecule has 56 heavy (non-hydrogen) atoms. The average Bonchev–Trinajstić information content (AvgIpc) is 3.48. The molecule has 0 radical (unpaired) electrons. The summed E-state index contributed by atoms with van der Waals surface area (Å²) in [6.45, 7) is 0.657. The zero-order valence-electron chi connectivity index (χ0n) is 29.8. The zero-order chi connectivity index (χ0) is 39.5. The van der Waals surface area contributed by atoms with Gasteiger partial charge in [-0.25, -0.2) is 14.4 Å². The third kappa shape index (κ3) is 6.53. The molecule has 4 heterocycles. The molecule has 3 aliphatic rings. The van der Waals surface area contributed by atoms with Crippen LogP contribution in [0.5, 0.6) is 0 Å². The lowest BCUT2D eigenvalue weighted by Crippen LogP contribution is -2.44. The number of anilines is 1. The highest BCUT2D eigenvalue weighted by Crippen LogP contribution is 2.52. The van der Waals surface area contributed by atoms with E-state index in [2.05, 4.69) is 20.6 Å². The molecule has 11 nitrogen and oxygen atoms in total. The van der Waals surface area contributed by atoms with Crippen molar-refractivity contribution in [2.45, 2.75) is 57.2 Å². The first-order valence-electron chi connectivity index (χ1n) is 17.8. The Balaban J connectivity index is 1.04. The highest BCUT2D eigenvalue weighted by molar-refractivity contribution is 6.35. The minimum Gasteiger partial charge on any atom is -0.348 e. The second kappa shape index (κ2) is 14.2. The predicted octanol–water partition coefficient (Wildman–Crippen LogP) is 7.03. The van der Waals surface area contributed by atoms with Crippen LogP contribution in [0.2, 0.25) is 5.02 Å². The van der Waals surface area contributed by atoms with Gasteiger partial charge in [0.2, 0.25) is 17.6 Å². The van der Waals surface area contributed by atoms with E-state index in [1.54, 1.807) is 12.1 Å². The summed E-state index contributed by atoms with van der Waals surface area (Å²) in [7, 11) is 0. The summed E-state index contributed by atoms with van der Waals surface area (Å²) in [6.07, 6.45) is 3.73. The van der Waals surface area contributed by atoms with E-state index in [0.717, 1.165) is 23.3 Å². The van der Waals surface area contributed by atoms with Crippen molar-refractivity contribution in [1.29, 1.82) is 0 Å². The summed E-state index contributed by atoms with van der Waals surface area (Å²) in [4.78, 5) is 74.8. The highest BCUT2D eigenvalue weighted by Gasteiger charge is 2.46. The molecule has 0 bridgehead atoms. The molecule has 3 amide bonds. The molecule has 2 fully saturated rings. The van der Waals surface area contributed by atoms with Crippen molar-refractivity contribution in [2.24, 2.45) is 0 Å². The number of halogens is 4. The number of carbonyl (C=O) groups is 5. The van der Waals surface area contributed by atoms with Crippen molar-refractivity contribution in [1.82, 2.24) is 24.8 Å². The Morgan fingerprint density at radius 3 is 2.46 bits per heavy atom. The third-order valence-electron chi connectivity index (χ3n) is 10.9. The number of rotatable bonds is 10. The first-order valence-corrected chi connectivity index (χ1v) is 18.2. The summed E-state index contributed by atoms with van der Waals surface area (Å²) in [5.74, 6) is -3.03. The first-order chi connectivity index (χ1) is 26.8. The minimum absolute atomic E-state index is 0.0398. The van der Waals surface area contributed by atoms with E-state index >= 15 is 4.39 Å². The van der Waals surface area contributed by atoms with Crippen LogP contribution in [0.25, 0.3) is 22.0 Å². The number of hydrogen-bond donors (Lipinski definition) is 2. The molecule has 1 aliphatic carbocycles. The standard InChI is InChI=1S/C41H32ClF3N6O5/c1-21(52)29-19-50(31-9-6-23(15-27(29)31)41(10-11-41)16-33(53)38-46-12-3-13-47-38)20-34(54)51-18-22(37(44)45)14-32(51)40(56)49-30-5-2-4-25(36(30)43)24-7-8-26-28(35(24)42)17-48-39(26)55/h2-9,12-13,15,19,32H,10-11,14,16-18,20H2,1H3,(H,48,55)(H,49,56)/t32-/m0/s1. The fourth-order valence-corrected chi connectivity index (χ4v) is 8.04. The van der Waals surface area contributed by atoms with Crippen LogP contribution in [0.4, 0.5) is 18.9 Å². The van der Waals surface area contributed by atoms with Crippen LogP contribution >= 0.6 is 11.6 Å². The molecule has 2 aromatic heterocycles. The number of Topliss-reactive ketones (excluding diaryl/α,β-unsaturated/α-hetero) is 2. The van der Waals surface area contributed by atoms with Crippen LogP contribution in [0.3, 0.4) is 0 Å². The van der Waals surface area contributed by atoms with Crippen LogP contribution in [-0.2, 0) is 28.1 Å². The van der Waals surface area contributed by atoms with Gasteiger partial charge in [-0.05, 0) is 55.7 Å². The Morgan fingerprint density at radius 2 is 1.75 bits per heavy atom. The number of amides is 3. The van der Waals surface area contributed by atoms with E-state index in [0.29, 0.717) is 27.6 Å². The van der Waals surface area contributed by atoms with Gasteiger partial charge >= 0.3 is 0 Å². The van der Waals surface area contributed by atoms with Crippen molar-refractivity contribution in [2.75, 3.05) is 11.9 Å². The van der Waals surface area contributed by atoms with Crippen molar-refractivity contribution < 1.29 is 37.1 Å². The third-order valence-corrected chi connectivity index (χ3v) is 11.3. The predicted molar refractivity (Wildman–Crippen MR) is 200 cm³/mol. The van der Waals surface area contributed by atoms with Gasteiger partial charge in [0.05, 0.1) is 10.7 Å². The molecule has 284 valence electrons. The average molecular weight is 781 g/mol. The molecule has 0 spiro atoms. The number of ketones is 2. The SMILES string of the molecule is CC(=O)c1cn(CC(=O)N2CC(=C(F)F)C[C@H]2C(=O)Nc2cccc(-c3ccc4c(c3Cl)CNC4=O)c2F)c2ccc(C3(CC(=O)c4ncccn4)CC3)cc12. The Bertz CT molecular complexity index is 2550. The van der Waals surface area contributed by atoms with Gasteiger partial charge in [-0.2, -0.15) is 8.78 Å². The van der Waals surface area contributed by atoms with E-state index in [4.69, 9.17) is 11.6 Å². The van der Waals surface area contributed by atoms with E-state index in [9.17, 15) is 32.8 Å². The molecular weight excluding hydrogens is 749 g/mol. The van der Waals surface area contributed by atoms with Crippen LogP contribution in [0, 0.1) is 5.82 Å². The van der Waals surface area contributed by atoms with Gasteiger partial charge in [0.25, 0.3) is 12.0 Å². The summed E-state index contributed by atoms with van der Waals surface area (Å²) in [5.41, 5.74) is 1.82.